The minimum atomic E-state index is -0.852. The molecule has 0 bridgehead atoms. The van der Waals surface area contributed by atoms with Crippen molar-refractivity contribution in [3.63, 3.8) is 0 Å². The van der Waals surface area contributed by atoms with Crippen molar-refractivity contribution in [3.05, 3.63) is 144 Å². The van der Waals surface area contributed by atoms with Gasteiger partial charge in [-0.1, -0.05) is 78.9 Å². The number of nitrogen functional groups attached to an aromatic ring is 1. The number of nitrogens with zero attached hydrogens (tertiary/aromatic N) is 5. The second kappa shape index (κ2) is 14.5. The number of fused-ring (bicyclic) bond motifs is 2. The maximum atomic E-state index is 14.6. The molecular weight excluding hydrogens is 640 g/mol. The van der Waals surface area contributed by atoms with Crippen LogP contribution >= 0.6 is 0 Å². The van der Waals surface area contributed by atoms with Crippen molar-refractivity contribution >= 4 is 34.3 Å². The molecule has 0 aliphatic carbocycles. The van der Waals surface area contributed by atoms with Gasteiger partial charge in [0, 0.05) is 44.4 Å². The number of phenolic OH excluding ortho intramolecular Hbond substituents is 1. The highest BCUT2D eigenvalue weighted by atomic mass is 16.3. The van der Waals surface area contributed by atoms with Crippen LogP contribution in [0.5, 0.6) is 5.75 Å². The van der Waals surface area contributed by atoms with Crippen LogP contribution in [0.3, 0.4) is 0 Å². The molecule has 3 amide bonds. The molecule has 0 saturated carbocycles. The lowest BCUT2D eigenvalue weighted by molar-refractivity contribution is -0.205. The summed E-state index contributed by atoms with van der Waals surface area (Å²) < 4.78 is 2.17. The van der Waals surface area contributed by atoms with E-state index in [1.807, 2.05) is 72.9 Å². The predicted molar refractivity (Wildman–Crippen MR) is 197 cm³/mol. The second-order valence-corrected chi connectivity index (χ2v) is 13.3. The first-order valence-electron chi connectivity index (χ1n) is 17.3. The van der Waals surface area contributed by atoms with Crippen molar-refractivity contribution in [2.45, 2.75) is 44.6 Å². The molecule has 2 aliphatic heterocycles. The number of para-hydroxylation sites is 1. The number of nitrogens with two attached hydrogens (primary N) is 1. The van der Waals surface area contributed by atoms with Crippen LogP contribution in [0.2, 0.25) is 0 Å². The Morgan fingerprint density at radius 1 is 0.882 bits per heavy atom. The molecule has 1 aromatic heterocycles. The predicted octanol–water partition coefficient (Wildman–Crippen LogP) is 4.96. The first-order chi connectivity index (χ1) is 24.8. The molecule has 5 aromatic rings. The maximum absolute atomic E-state index is 14.6. The van der Waals surface area contributed by atoms with Crippen molar-refractivity contribution < 1.29 is 19.5 Å². The normalized spacial score (nSPS) is 17.9. The molecule has 10 nitrogen and oxygen atoms in total. The lowest BCUT2D eigenvalue weighted by atomic mass is 9.97. The van der Waals surface area contributed by atoms with Gasteiger partial charge in [0.2, 0.25) is 17.7 Å². The average molecular weight is 683 g/mol. The summed E-state index contributed by atoms with van der Waals surface area (Å²) in [5, 5.41) is 14.4. The number of phenols is 1. The Morgan fingerprint density at radius 2 is 1.65 bits per heavy atom. The van der Waals surface area contributed by atoms with Gasteiger partial charge in [0.25, 0.3) is 0 Å². The number of rotatable bonds is 11. The zero-order valence-electron chi connectivity index (χ0n) is 28.5. The molecule has 3 heterocycles. The molecule has 2 aliphatic rings. The number of benzene rings is 4. The summed E-state index contributed by atoms with van der Waals surface area (Å²) in [4.78, 5) is 46.2. The molecule has 51 heavy (non-hydrogen) atoms. The third kappa shape index (κ3) is 7.09. The van der Waals surface area contributed by atoms with Crippen LogP contribution in [-0.4, -0.2) is 79.1 Å². The highest BCUT2D eigenvalue weighted by Crippen LogP contribution is 2.32. The Kier molecular flexibility index (Phi) is 9.59. The third-order valence-corrected chi connectivity index (χ3v) is 9.80. The summed E-state index contributed by atoms with van der Waals surface area (Å²) in [6, 6.07) is 31.7. The first kappa shape index (κ1) is 33.6. The molecule has 2 saturated heterocycles. The Bertz CT molecular complexity index is 2060. The fourth-order valence-electron chi connectivity index (χ4n) is 7.46. The molecule has 260 valence electrons. The van der Waals surface area contributed by atoms with E-state index in [-0.39, 0.29) is 55.9 Å². The van der Waals surface area contributed by atoms with Crippen LogP contribution in [-0.2, 0) is 40.3 Å². The Hall–Kier alpha value is -5.87. The number of anilines is 1. The number of aryl methyl sites for hydroxylation is 1. The summed E-state index contributed by atoms with van der Waals surface area (Å²) in [5.74, 6) is -0.415. The maximum Gasteiger partial charge on any atom is 0.246 e. The zero-order valence-corrected chi connectivity index (χ0v) is 28.5. The molecule has 0 radical (unpaired) electrons. The van der Waals surface area contributed by atoms with Crippen molar-refractivity contribution in [2.24, 2.45) is 0 Å². The van der Waals surface area contributed by atoms with Crippen molar-refractivity contribution in [1.82, 2.24) is 24.4 Å². The van der Waals surface area contributed by atoms with Gasteiger partial charge in [-0.15, -0.1) is 6.58 Å². The van der Waals surface area contributed by atoms with Gasteiger partial charge >= 0.3 is 0 Å². The van der Waals surface area contributed by atoms with Gasteiger partial charge in [-0.05, 0) is 64.4 Å². The summed E-state index contributed by atoms with van der Waals surface area (Å²) >= 11 is 0. The lowest BCUT2D eigenvalue weighted by Gasteiger charge is -2.55. The number of hydrazine groups is 1. The number of hydrogen-bond donors (Lipinski definition) is 2. The average Bonchev–Trinajstić information content (AvgIpc) is 3.54. The monoisotopic (exact) mass is 682 g/mol. The van der Waals surface area contributed by atoms with Gasteiger partial charge in [-0.3, -0.25) is 14.4 Å². The number of aromatic nitrogens is 1. The summed E-state index contributed by atoms with van der Waals surface area (Å²) in [6.07, 6.45) is 4.04. The first-order valence-corrected chi connectivity index (χ1v) is 17.3. The molecule has 7 rings (SSSR count). The third-order valence-electron chi connectivity index (χ3n) is 9.80. The lowest BCUT2D eigenvalue weighted by Crippen LogP contribution is -2.75. The van der Waals surface area contributed by atoms with Gasteiger partial charge in [0.15, 0.2) is 0 Å². The van der Waals surface area contributed by atoms with Gasteiger partial charge in [-0.25, -0.2) is 10.0 Å². The summed E-state index contributed by atoms with van der Waals surface area (Å²) in [7, 11) is 0. The smallest absolute Gasteiger partial charge is 0.246 e. The van der Waals surface area contributed by atoms with Crippen LogP contribution in [0.15, 0.2) is 122 Å². The van der Waals surface area contributed by atoms with Crippen molar-refractivity contribution in [3.8, 4) is 5.75 Å². The Balaban J connectivity index is 1.25. The number of amides is 3. The van der Waals surface area contributed by atoms with E-state index < -0.39 is 12.2 Å². The van der Waals surface area contributed by atoms with Crippen LogP contribution in [0, 0.1) is 0 Å². The highest BCUT2D eigenvalue weighted by Gasteiger charge is 2.51. The SMILES string of the molecule is C=CCN1CC(=O)N2[C@@H](Cc3ccc(O)cc3)C(=O)N(Cc3cccc4ccn(Cc5cccc(N)c5)c34)C[C@@H]2N1C(=O)CCc1ccccc1. The van der Waals surface area contributed by atoms with E-state index in [9.17, 15) is 19.5 Å². The van der Waals surface area contributed by atoms with Crippen LogP contribution in [0.1, 0.15) is 28.7 Å². The second-order valence-electron chi connectivity index (χ2n) is 13.3. The molecule has 4 aromatic carbocycles. The van der Waals surface area contributed by atoms with E-state index in [4.69, 9.17) is 5.73 Å². The van der Waals surface area contributed by atoms with E-state index in [1.54, 1.807) is 50.2 Å². The van der Waals surface area contributed by atoms with Gasteiger partial charge in [-0.2, -0.15) is 0 Å². The zero-order chi connectivity index (χ0) is 35.5. The highest BCUT2D eigenvalue weighted by molar-refractivity contribution is 5.92. The topological polar surface area (TPSA) is 115 Å². The van der Waals surface area contributed by atoms with E-state index in [1.165, 1.54) is 0 Å². The van der Waals surface area contributed by atoms with Gasteiger partial charge in [0.1, 0.15) is 18.0 Å². The van der Waals surface area contributed by atoms with Crippen LogP contribution < -0.4 is 5.73 Å². The number of carbonyl (C=O) groups excluding carboxylic acids is 3. The molecule has 10 heteroatoms. The quantitative estimate of drug-likeness (QED) is 0.150. The fourth-order valence-corrected chi connectivity index (χ4v) is 7.46. The van der Waals surface area contributed by atoms with E-state index in [0.717, 1.165) is 33.2 Å². The largest absolute Gasteiger partial charge is 0.508 e. The van der Waals surface area contributed by atoms with Crippen molar-refractivity contribution in [2.75, 3.05) is 25.4 Å². The standard InChI is InChI=1S/C41H42N6O4/c1-2-21-45-28-39(50)46-36(24-30-14-17-35(48)18-15-30)41(51)44(27-37(46)47(45)38(49)19-16-29-8-4-3-5-9-29)26-33-12-7-11-32-20-22-43(40(32)33)25-31-10-6-13-34(42)23-31/h2-15,17-18,20,22-23,36-37,48H,1,16,19,21,24-28,42H2/t36-,37-/m0/s1. The van der Waals surface area contributed by atoms with Crippen molar-refractivity contribution in [1.29, 1.82) is 0 Å². The molecule has 2 atom stereocenters. The van der Waals surface area contributed by atoms with Crippen LogP contribution in [0.4, 0.5) is 5.69 Å². The molecule has 0 unspecified atom stereocenters. The summed E-state index contributed by atoms with van der Waals surface area (Å²) in [5.41, 5.74) is 11.7. The molecule has 2 fully saturated rings. The number of aromatic hydroxyl groups is 1. The minimum absolute atomic E-state index is 0.0459. The van der Waals surface area contributed by atoms with Gasteiger partial charge in [0.05, 0.1) is 18.6 Å². The molecule has 3 N–H and O–H groups in total. The number of hydrogen-bond acceptors (Lipinski definition) is 6. The van der Waals surface area contributed by atoms with Gasteiger partial charge < -0.3 is 25.2 Å². The fraction of sp³-hybridized carbons (Fsp3) is 0.244. The van der Waals surface area contributed by atoms with E-state index in [0.29, 0.717) is 25.2 Å². The number of piperazine rings is 1. The van der Waals surface area contributed by atoms with Crippen LogP contribution in [0.25, 0.3) is 10.9 Å². The minimum Gasteiger partial charge on any atom is -0.508 e. The Morgan fingerprint density at radius 3 is 2.41 bits per heavy atom. The summed E-state index contributed by atoms with van der Waals surface area (Å²) in [6.45, 7) is 5.20. The number of carbonyl (C=O) groups is 3. The van der Waals surface area contributed by atoms with E-state index in [2.05, 4.69) is 23.3 Å². The Labute approximate surface area is 297 Å². The molecular formula is C41H42N6O4. The molecule has 0 spiro atoms. The van der Waals surface area contributed by atoms with E-state index >= 15 is 0 Å².